The highest BCUT2D eigenvalue weighted by Gasteiger charge is 2.09. The molecule has 0 rings (SSSR count). The molecule has 3 heteroatoms. The Morgan fingerprint density at radius 1 is 1.55 bits per heavy atom. The molecule has 64 valence electrons. The number of hydrogen-bond acceptors (Lipinski definition) is 3. The van der Waals surface area contributed by atoms with E-state index in [1.54, 1.807) is 7.11 Å². The van der Waals surface area contributed by atoms with E-state index < -0.39 is 0 Å². The fraction of sp³-hybridized carbons (Fsp3) is 0.875. The van der Waals surface area contributed by atoms with E-state index in [1.165, 1.54) is 0 Å². The second kappa shape index (κ2) is 6.14. The minimum atomic E-state index is -0.292. The van der Waals surface area contributed by atoms with Gasteiger partial charge in [0.15, 0.2) is 0 Å². The molecular weight excluding hydrogens is 142 g/mol. The summed E-state index contributed by atoms with van der Waals surface area (Å²) in [7, 11) is 1.62. The average Bonchev–Trinajstić information content (AvgIpc) is 2.01. The predicted molar refractivity (Wildman–Crippen MR) is 42.1 cm³/mol. The van der Waals surface area contributed by atoms with Crippen LogP contribution in [0, 0.1) is 11.3 Å². The summed E-state index contributed by atoms with van der Waals surface area (Å²) in [6.07, 6.45) is 0.439. The lowest BCUT2D eigenvalue weighted by molar-refractivity contribution is -0.0175. The molecule has 0 aliphatic heterocycles. The molecule has 0 aromatic heterocycles. The number of hydrogen-bond donors (Lipinski definition) is 0. The first-order valence-corrected chi connectivity index (χ1v) is 3.78. The molecule has 0 aromatic rings. The zero-order valence-electron chi connectivity index (χ0n) is 7.33. The van der Waals surface area contributed by atoms with Gasteiger partial charge in [0, 0.05) is 7.11 Å². The molecule has 0 fully saturated rings. The highest BCUT2D eigenvalue weighted by molar-refractivity contribution is 4.83. The number of nitrogens with zero attached hydrogens (tertiary/aromatic N) is 1. The summed E-state index contributed by atoms with van der Waals surface area (Å²) in [4.78, 5) is 0. The summed E-state index contributed by atoms with van der Waals surface area (Å²) in [5.74, 6) is 0. The molecule has 0 saturated heterocycles. The number of rotatable bonds is 5. The predicted octanol–water partition coefficient (Wildman–Crippen LogP) is 1.34. The van der Waals surface area contributed by atoms with Crippen molar-refractivity contribution in [3.63, 3.8) is 0 Å². The van der Waals surface area contributed by atoms with E-state index in [0.717, 1.165) is 6.42 Å². The van der Waals surface area contributed by atoms with Crippen LogP contribution >= 0.6 is 0 Å². The van der Waals surface area contributed by atoms with E-state index in [0.29, 0.717) is 6.61 Å². The van der Waals surface area contributed by atoms with Crippen LogP contribution in [0.2, 0.25) is 0 Å². The van der Waals surface area contributed by atoms with E-state index in [4.69, 9.17) is 14.7 Å². The van der Waals surface area contributed by atoms with E-state index in [9.17, 15) is 0 Å². The van der Waals surface area contributed by atoms with E-state index in [2.05, 4.69) is 6.07 Å². The normalized spacial score (nSPS) is 15.5. The molecule has 11 heavy (non-hydrogen) atoms. The summed E-state index contributed by atoms with van der Waals surface area (Å²) in [5, 5.41) is 8.53. The molecule has 0 aromatic carbocycles. The SMILES string of the molecule is CCC(C#N)OC(C)COC. The van der Waals surface area contributed by atoms with Crippen molar-refractivity contribution >= 4 is 0 Å². The third kappa shape index (κ3) is 4.77. The van der Waals surface area contributed by atoms with Crippen LogP contribution in [0.15, 0.2) is 0 Å². The third-order valence-electron chi connectivity index (χ3n) is 1.31. The van der Waals surface area contributed by atoms with Crippen LogP contribution in [-0.4, -0.2) is 25.9 Å². The summed E-state index contributed by atoms with van der Waals surface area (Å²) < 4.78 is 10.2. The maximum atomic E-state index is 8.53. The topological polar surface area (TPSA) is 42.2 Å². The van der Waals surface area contributed by atoms with Crippen molar-refractivity contribution in [1.29, 1.82) is 5.26 Å². The van der Waals surface area contributed by atoms with Gasteiger partial charge >= 0.3 is 0 Å². The van der Waals surface area contributed by atoms with Crippen molar-refractivity contribution in [3.8, 4) is 6.07 Å². The Balaban J connectivity index is 3.55. The Morgan fingerprint density at radius 2 is 2.18 bits per heavy atom. The highest BCUT2D eigenvalue weighted by Crippen LogP contribution is 2.01. The van der Waals surface area contributed by atoms with Crippen LogP contribution in [0.5, 0.6) is 0 Å². The second-order valence-corrected chi connectivity index (χ2v) is 2.43. The van der Waals surface area contributed by atoms with Gasteiger partial charge in [0.1, 0.15) is 6.10 Å². The van der Waals surface area contributed by atoms with Crippen molar-refractivity contribution < 1.29 is 9.47 Å². The van der Waals surface area contributed by atoms with Crippen molar-refractivity contribution in [2.24, 2.45) is 0 Å². The van der Waals surface area contributed by atoms with E-state index in [-0.39, 0.29) is 12.2 Å². The Kier molecular flexibility index (Phi) is 5.81. The van der Waals surface area contributed by atoms with E-state index in [1.807, 2.05) is 13.8 Å². The van der Waals surface area contributed by atoms with Crippen LogP contribution in [0.25, 0.3) is 0 Å². The fourth-order valence-corrected chi connectivity index (χ4v) is 0.772. The first kappa shape index (κ1) is 10.4. The Bertz CT molecular complexity index is 131. The van der Waals surface area contributed by atoms with Crippen molar-refractivity contribution in [2.45, 2.75) is 32.5 Å². The molecule has 2 atom stereocenters. The van der Waals surface area contributed by atoms with Crippen molar-refractivity contribution in [1.82, 2.24) is 0 Å². The molecule has 0 heterocycles. The fourth-order valence-electron chi connectivity index (χ4n) is 0.772. The quantitative estimate of drug-likeness (QED) is 0.604. The minimum Gasteiger partial charge on any atom is -0.382 e. The van der Waals surface area contributed by atoms with Gasteiger partial charge in [0.2, 0.25) is 0 Å². The lowest BCUT2D eigenvalue weighted by Crippen LogP contribution is -2.21. The molecule has 0 spiro atoms. The zero-order valence-corrected chi connectivity index (χ0v) is 7.33. The first-order valence-electron chi connectivity index (χ1n) is 3.78. The number of methoxy groups -OCH3 is 1. The van der Waals surface area contributed by atoms with Gasteiger partial charge in [-0.05, 0) is 13.3 Å². The first-order chi connectivity index (χ1) is 5.24. The van der Waals surface area contributed by atoms with Gasteiger partial charge in [-0.2, -0.15) is 5.26 Å². The van der Waals surface area contributed by atoms with Crippen LogP contribution in [0.3, 0.4) is 0 Å². The highest BCUT2D eigenvalue weighted by atomic mass is 16.5. The third-order valence-corrected chi connectivity index (χ3v) is 1.31. The summed E-state index contributed by atoms with van der Waals surface area (Å²) in [6, 6.07) is 2.06. The number of nitriles is 1. The lowest BCUT2D eigenvalue weighted by Gasteiger charge is -2.14. The van der Waals surface area contributed by atoms with Gasteiger partial charge in [0.25, 0.3) is 0 Å². The molecule has 2 unspecified atom stereocenters. The summed E-state index contributed by atoms with van der Waals surface area (Å²) in [5.41, 5.74) is 0. The monoisotopic (exact) mass is 157 g/mol. The summed E-state index contributed by atoms with van der Waals surface area (Å²) >= 11 is 0. The van der Waals surface area contributed by atoms with Gasteiger partial charge in [-0.1, -0.05) is 6.92 Å². The van der Waals surface area contributed by atoms with Gasteiger partial charge in [-0.25, -0.2) is 0 Å². The number of ether oxygens (including phenoxy) is 2. The maximum Gasteiger partial charge on any atom is 0.144 e. The minimum absolute atomic E-state index is 0.00426. The van der Waals surface area contributed by atoms with Crippen LogP contribution < -0.4 is 0 Å². The van der Waals surface area contributed by atoms with Gasteiger partial charge in [0.05, 0.1) is 18.8 Å². The van der Waals surface area contributed by atoms with Crippen LogP contribution in [0.1, 0.15) is 20.3 Å². The molecule has 0 amide bonds. The molecule has 0 radical (unpaired) electrons. The molecular formula is C8H15NO2. The second-order valence-electron chi connectivity index (χ2n) is 2.43. The molecule has 0 aliphatic rings. The van der Waals surface area contributed by atoms with Gasteiger partial charge < -0.3 is 9.47 Å². The summed E-state index contributed by atoms with van der Waals surface area (Å²) in [6.45, 7) is 4.36. The van der Waals surface area contributed by atoms with Gasteiger partial charge in [-0.15, -0.1) is 0 Å². The van der Waals surface area contributed by atoms with Gasteiger partial charge in [-0.3, -0.25) is 0 Å². The van der Waals surface area contributed by atoms with Crippen LogP contribution in [0.4, 0.5) is 0 Å². The molecule has 0 aliphatic carbocycles. The Labute approximate surface area is 67.9 Å². The van der Waals surface area contributed by atoms with E-state index >= 15 is 0 Å². The van der Waals surface area contributed by atoms with Crippen molar-refractivity contribution in [2.75, 3.05) is 13.7 Å². The molecule has 0 N–H and O–H groups in total. The maximum absolute atomic E-state index is 8.53. The largest absolute Gasteiger partial charge is 0.382 e. The molecule has 0 bridgehead atoms. The van der Waals surface area contributed by atoms with Crippen molar-refractivity contribution in [3.05, 3.63) is 0 Å². The lowest BCUT2D eigenvalue weighted by atomic mass is 10.3. The smallest absolute Gasteiger partial charge is 0.144 e. The molecule has 0 saturated carbocycles. The van der Waals surface area contributed by atoms with Crippen LogP contribution in [-0.2, 0) is 9.47 Å². The Hall–Kier alpha value is -0.590. The standard InChI is InChI=1S/C8H15NO2/c1-4-8(5-9)11-7(2)6-10-3/h7-8H,4,6H2,1-3H3. The zero-order chi connectivity index (χ0) is 8.69. The molecule has 3 nitrogen and oxygen atoms in total. The average molecular weight is 157 g/mol. The Morgan fingerprint density at radius 3 is 2.55 bits per heavy atom.